The number of amides is 1. The number of ether oxygens (including phenoxy) is 1. The first-order chi connectivity index (χ1) is 20.2. The zero-order valence-corrected chi connectivity index (χ0v) is 25.9. The minimum absolute atomic E-state index is 0.0883. The lowest BCUT2D eigenvalue weighted by Crippen LogP contribution is -2.21. The number of carbonyl (C=O) groups is 2. The Bertz CT molecular complexity index is 1560. The van der Waals surface area contributed by atoms with Gasteiger partial charge in [-0.15, -0.1) is 0 Å². The van der Waals surface area contributed by atoms with E-state index in [1.807, 2.05) is 91.0 Å². The van der Waals surface area contributed by atoms with Crippen molar-refractivity contribution in [2.75, 3.05) is 19.8 Å². The van der Waals surface area contributed by atoms with Gasteiger partial charge in [0, 0.05) is 48.3 Å². The minimum Gasteiger partial charge on any atom is -0.481 e. The Morgan fingerprint density at radius 2 is 1.74 bits per heavy atom. The standard InChI is InChI=1S/C33H33ClN2O4S2/c1-36(2)32(37)17-18-41-42-30(15-16-33(38)39)21-24-6-4-8-29(20-24)40-28-7-3-5-23(19-28)9-13-27-14-11-25-10-12-26(34)22-31(25)35-27/h3-14,19-20,22,30H,15-18,21H2,1-2H3,(H,38,39). The SMILES string of the molecule is CN(C)C(=O)CCSSC(CCC(=O)O)Cc1cccc(Oc2cccc(C=Cc3ccc4ccc(Cl)cc4n3)c2)c1. The largest absolute Gasteiger partial charge is 0.481 e. The van der Waals surface area contributed by atoms with Crippen molar-refractivity contribution in [3.8, 4) is 11.5 Å². The van der Waals surface area contributed by atoms with E-state index in [0.717, 1.165) is 27.7 Å². The van der Waals surface area contributed by atoms with E-state index in [2.05, 4.69) is 4.98 Å². The molecule has 0 spiro atoms. The second-order valence-electron chi connectivity index (χ2n) is 9.94. The molecule has 1 atom stereocenters. The fourth-order valence-corrected chi connectivity index (χ4v) is 6.96. The molecule has 1 N–H and O–H groups in total. The van der Waals surface area contributed by atoms with E-state index in [4.69, 9.17) is 16.3 Å². The number of nitrogens with zero attached hydrogens (tertiary/aromatic N) is 2. The maximum Gasteiger partial charge on any atom is 0.303 e. The van der Waals surface area contributed by atoms with Crippen LogP contribution >= 0.6 is 33.2 Å². The van der Waals surface area contributed by atoms with E-state index >= 15 is 0 Å². The van der Waals surface area contributed by atoms with Crippen LogP contribution in [0.4, 0.5) is 0 Å². The number of hydrogen-bond donors (Lipinski definition) is 1. The third-order valence-electron chi connectivity index (χ3n) is 6.36. The molecule has 1 aromatic heterocycles. The molecule has 0 aliphatic carbocycles. The number of hydrogen-bond acceptors (Lipinski definition) is 6. The number of pyridine rings is 1. The second-order valence-corrected chi connectivity index (χ2v) is 13.2. The molecule has 1 heterocycles. The van der Waals surface area contributed by atoms with E-state index in [0.29, 0.717) is 41.5 Å². The second kappa shape index (κ2) is 15.7. The molecule has 4 rings (SSSR count). The van der Waals surface area contributed by atoms with Crippen molar-refractivity contribution in [3.05, 3.63) is 101 Å². The summed E-state index contributed by atoms with van der Waals surface area (Å²) in [5.41, 5.74) is 3.73. The number of aliphatic carboxylic acids is 1. The molecule has 218 valence electrons. The maximum absolute atomic E-state index is 11.9. The number of benzene rings is 3. The predicted molar refractivity (Wildman–Crippen MR) is 176 cm³/mol. The van der Waals surface area contributed by atoms with Gasteiger partial charge in [0.15, 0.2) is 0 Å². The zero-order valence-electron chi connectivity index (χ0n) is 23.5. The molecule has 42 heavy (non-hydrogen) atoms. The van der Waals surface area contributed by atoms with Crippen molar-refractivity contribution >= 4 is 68.1 Å². The van der Waals surface area contributed by atoms with Crippen LogP contribution in [0.5, 0.6) is 11.5 Å². The Kier molecular flexibility index (Phi) is 11.7. The average molecular weight is 621 g/mol. The van der Waals surface area contributed by atoms with Crippen molar-refractivity contribution in [1.29, 1.82) is 0 Å². The summed E-state index contributed by atoms with van der Waals surface area (Å²) in [5.74, 6) is 1.40. The molecule has 1 unspecified atom stereocenters. The average Bonchev–Trinajstić information content (AvgIpc) is 2.96. The first kappa shape index (κ1) is 31.5. The van der Waals surface area contributed by atoms with E-state index in [9.17, 15) is 14.7 Å². The normalized spacial score (nSPS) is 12.0. The highest BCUT2D eigenvalue weighted by Gasteiger charge is 2.15. The van der Waals surface area contributed by atoms with Gasteiger partial charge in [-0.3, -0.25) is 9.59 Å². The van der Waals surface area contributed by atoms with Crippen LogP contribution in [-0.4, -0.2) is 52.0 Å². The van der Waals surface area contributed by atoms with Crippen LogP contribution in [0.25, 0.3) is 23.1 Å². The number of halogens is 1. The van der Waals surface area contributed by atoms with Crippen LogP contribution < -0.4 is 4.74 Å². The van der Waals surface area contributed by atoms with E-state index in [1.54, 1.807) is 40.6 Å². The van der Waals surface area contributed by atoms with Crippen LogP contribution in [0.15, 0.2) is 78.9 Å². The van der Waals surface area contributed by atoms with Gasteiger partial charge in [0.1, 0.15) is 11.5 Å². The topological polar surface area (TPSA) is 79.7 Å². The fourth-order valence-electron chi connectivity index (χ4n) is 4.16. The van der Waals surface area contributed by atoms with Gasteiger partial charge in [-0.05, 0) is 72.5 Å². The van der Waals surface area contributed by atoms with Crippen molar-refractivity contribution in [1.82, 2.24) is 9.88 Å². The number of rotatable bonds is 14. The summed E-state index contributed by atoms with van der Waals surface area (Å²) in [5, 5.41) is 11.0. The summed E-state index contributed by atoms with van der Waals surface area (Å²) in [6.45, 7) is 0. The number of fused-ring (bicyclic) bond motifs is 1. The highest BCUT2D eigenvalue weighted by Crippen LogP contribution is 2.33. The van der Waals surface area contributed by atoms with Crippen molar-refractivity contribution < 1.29 is 19.4 Å². The van der Waals surface area contributed by atoms with E-state index in [1.165, 1.54) is 0 Å². The Balaban J connectivity index is 1.38. The number of carboxylic acid groups (broad SMARTS) is 1. The van der Waals surface area contributed by atoms with Crippen LogP contribution in [0.3, 0.4) is 0 Å². The lowest BCUT2D eigenvalue weighted by molar-refractivity contribution is -0.137. The van der Waals surface area contributed by atoms with E-state index in [-0.39, 0.29) is 17.6 Å². The van der Waals surface area contributed by atoms with Gasteiger partial charge in [0.2, 0.25) is 5.91 Å². The van der Waals surface area contributed by atoms with Gasteiger partial charge in [0.25, 0.3) is 0 Å². The van der Waals surface area contributed by atoms with Crippen molar-refractivity contribution in [3.63, 3.8) is 0 Å². The van der Waals surface area contributed by atoms with E-state index < -0.39 is 5.97 Å². The molecule has 0 radical (unpaired) electrons. The number of carboxylic acids is 1. The molecule has 0 bridgehead atoms. The lowest BCUT2D eigenvalue weighted by atomic mass is 10.1. The molecule has 0 fully saturated rings. The summed E-state index contributed by atoms with van der Waals surface area (Å²) in [6, 6.07) is 25.4. The van der Waals surface area contributed by atoms with Gasteiger partial charge < -0.3 is 14.7 Å². The quantitative estimate of drug-likeness (QED) is 0.112. The summed E-state index contributed by atoms with van der Waals surface area (Å²) < 4.78 is 6.20. The van der Waals surface area contributed by atoms with Gasteiger partial charge in [-0.1, -0.05) is 75.7 Å². The molecule has 0 aliphatic heterocycles. The number of aromatic nitrogens is 1. The molecule has 6 nitrogen and oxygen atoms in total. The molecule has 1 amide bonds. The van der Waals surface area contributed by atoms with Crippen molar-refractivity contribution in [2.45, 2.75) is 30.9 Å². The molecule has 0 aliphatic rings. The lowest BCUT2D eigenvalue weighted by Gasteiger charge is -2.16. The summed E-state index contributed by atoms with van der Waals surface area (Å²) >= 11 is 6.12. The molecular weight excluding hydrogens is 588 g/mol. The zero-order chi connectivity index (χ0) is 29.9. The van der Waals surface area contributed by atoms with Gasteiger partial charge in [0.05, 0.1) is 11.2 Å². The maximum atomic E-state index is 11.9. The molecular formula is C33H33ClN2O4S2. The van der Waals surface area contributed by atoms with Gasteiger partial charge in [-0.25, -0.2) is 4.98 Å². The Hall–Kier alpha value is -3.46. The van der Waals surface area contributed by atoms with Gasteiger partial charge >= 0.3 is 5.97 Å². The monoisotopic (exact) mass is 620 g/mol. The first-order valence-electron chi connectivity index (χ1n) is 13.6. The molecule has 4 aromatic rings. The van der Waals surface area contributed by atoms with Crippen LogP contribution in [0.2, 0.25) is 5.02 Å². The smallest absolute Gasteiger partial charge is 0.303 e. The molecule has 9 heteroatoms. The minimum atomic E-state index is -0.805. The van der Waals surface area contributed by atoms with Crippen LogP contribution in [-0.2, 0) is 16.0 Å². The third kappa shape index (κ3) is 10.1. The highest BCUT2D eigenvalue weighted by molar-refractivity contribution is 8.76. The Morgan fingerprint density at radius 1 is 0.976 bits per heavy atom. The highest BCUT2D eigenvalue weighted by atomic mass is 35.5. The third-order valence-corrected chi connectivity index (χ3v) is 9.50. The van der Waals surface area contributed by atoms with Crippen LogP contribution in [0, 0.1) is 0 Å². The molecule has 0 saturated heterocycles. The predicted octanol–water partition coefficient (Wildman–Crippen LogP) is 8.49. The summed E-state index contributed by atoms with van der Waals surface area (Å²) in [7, 11) is 6.77. The molecule has 3 aromatic carbocycles. The van der Waals surface area contributed by atoms with Crippen LogP contribution in [0.1, 0.15) is 36.1 Å². The first-order valence-corrected chi connectivity index (χ1v) is 16.3. The van der Waals surface area contributed by atoms with Gasteiger partial charge in [-0.2, -0.15) is 0 Å². The number of carbonyl (C=O) groups excluding carboxylic acids is 1. The summed E-state index contributed by atoms with van der Waals surface area (Å²) in [6.07, 6.45) is 5.78. The Labute approximate surface area is 259 Å². The van der Waals surface area contributed by atoms with Crippen molar-refractivity contribution in [2.24, 2.45) is 0 Å². The molecule has 0 saturated carbocycles. The Morgan fingerprint density at radius 3 is 2.52 bits per heavy atom. The summed E-state index contributed by atoms with van der Waals surface area (Å²) in [4.78, 5) is 29.4. The fraction of sp³-hybridized carbons (Fsp3) is 0.242.